The Bertz CT molecular complexity index is 520. The van der Waals surface area contributed by atoms with Crippen LogP contribution in [-0.2, 0) is 6.42 Å². The first-order chi connectivity index (χ1) is 8.26. The summed E-state index contributed by atoms with van der Waals surface area (Å²) in [4.78, 5) is 4.64. The van der Waals surface area contributed by atoms with Gasteiger partial charge in [0.1, 0.15) is 0 Å². The molecule has 0 unspecified atom stereocenters. The number of nitrogens with one attached hydrogen (secondary N) is 1. The van der Waals surface area contributed by atoms with Gasteiger partial charge in [-0.2, -0.15) is 0 Å². The summed E-state index contributed by atoms with van der Waals surface area (Å²) < 4.78 is 0. The van der Waals surface area contributed by atoms with E-state index in [4.69, 9.17) is 5.73 Å². The number of hydrogen-bond donors (Lipinski definition) is 2. The maximum absolute atomic E-state index is 5.54. The molecule has 3 heteroatoms. The highest BCUT2D eigenvalue weighted by atomic mass is 14.9. The molecule has 90 valence electrons. The third-order valence-electron chi connectivity index (χ3n) is 2.89. The summed E-state index contributed by atoms with van der Waals surface area (Å²) >= 11 is 0. The third kappa shape index (κ3) is 2.39. The zero-order valence-corrected chi connectivity index (χ0v) is 10.5. The summed E-state index contributed by atoms with van der Waals surface area (Å²) in [7, 11) is 0. The third-order valence-corrected chi connectivity index (χ3v) is 2.89. The number of nitrogens with zero attached hydrogens (tertiary/aromatic N) is 1. The van der Waals surface area contributed by atoms with Crippen LogP contribution in [0.1, 0.15) is 18.2 Å². The molecule has 0 spiro atoms. The molecule has 0 atom stereocenters. The molecule has 2 aromatic rings. The van der Waals surface area contributed by atoms with E-state index in [1.807, 2.05) is 6.92 Å². The van der Waals surface area contributed by atoms with Crippen molar-refractivity contribution in [3.8, 4) is 0 Å². The summed E-state index contributed by atoms with van der Waals surface area (Å²) in [6, 6.07) is 8.42. The zero-order chi connectivity index (χ0) is 12.3. The Hall–Kier alpha value is -1.61. The normalized spacial score (nSPS) is 10.8. The molecule has 1 aromatic carbocycles. The second-order valence-corrected chi connectivity index (χ2v) is 4.19. The summed E-state index contributed by atoms with van der Waals surface area (Å²) in [5.41, 5.74) is 10.1. The fourth-order valence-electron chi connectivity index (χ4n) is 2.07. The summed E-state index contributed by atoms with van der Waals surface area (Å²) in [5.74, 6) is 0. The monoisotopic (exact) mass is 229 g/mol. The fourth-order valence-corrected chi connectivity index (χ4v) is 2.07. The molecular formula is C14H19N3. The maximum atomic E-state index is 5.54. The minimum Gasteiger partial charge on any atom is -0.383 e. The van der Waals surface area contributed by atoms with Crippen LogP contribution in [0.4, 0.5) is 5.69 Å². The molecule has 0 aliphatic carbocycles. The van der Waals surface area contributed by atoms with Crippen molar-refractivity contribution in [2.45, 2.75) is 20.3 Å². The standard InChI is InChI=1S/C14H19N3/c1-3-11-5-4-6-12-13(16-8-7-15)9-10(2)17-14(11)12/h4-6,9H,3,7-8,15H2,1-2H3,(H,16,17). The minimum absolute atomic E-state index is 0.635. The topological polar surface area (TPSA) is 50.9 Å². The molecule has 3 nitrogen and oxygen atoms in total. The van der Waals surface area contributed by atoms with Crippen LogP contribution in [0.3, 0.4) is 0 Å². The van der Waals surface area contributed by atoms with Gasteiger partial charge in [0.25, 0.3) is 0 Å². The van der Waals surface area contributed by atoms with E-state index in [9.17, 15) is 0 Å². The molecule has 0 amide bonds. The van der Waals surface area contributed by atoms with Crippen LogP contribution in [-0.4, -0.2) is 18.1 Å². The number of rotatable bonds is 4. The van der Waals surface area contributed by atoms with Gasteiger partial charge >= 0.3 is 0 Å². The number of pyridine rings is 1. The highest BCUT2D eigenvalue weighted by Gasteiger charge is 2.06. The van der Waals surface area contributed by atoms with Crippen LogP contribution >= 0.6 is 0 Å². The predicted molar refractivity (Wildman–Crippen MR) is 73.4 cm³/mol. The van der Waals surface area contributed by atoms with E-state index >= 15 is 0 Å². The second kappa shape index (κ2) is 5.15. The van der Waals surface area contributed by atoms with E-state index in [0.717, 1.165) is 29.9 Å². The van der Waals surface area contributed by atoms with E-state index in [-0.39, 0.29) is 0 Å². The molecule has 0 radical (unpaired) electrons. The average molecular weight is 229 g/mol. The first-order valence-electron chi connectivity index (χ1n) is 6.09. The van der Waals surface area contributed by atoms with Gasteiger partial charge in [0.15, 0.2) is 0 Å². The Kier molecular flexibility index (Phi) is 3.59. The van der Waals surface area contributed by atoms with Gasteiger partial charge in [-0.25, -0.2) is 0 Å². The van der Waals surface area contributed by atoms with Gasteiger partial charge < -0.3 is 11.1 Å². The Morgan fingerprint density at radius 2 is 2.18 bits per heavy atom. The molecule has 0 saturated heterocycles. The van der Waals surface area contributed by atoms with Crippen molar-refractivity contribution in [3.05, 3.63) is 35.5 Å². The lowest BCUT2D eigenvalue weighted by Gasteiger charge is -2.11. The molecule has 0 fully saturated rings. The van der Waals surface area contributed by atoms with Crippen LogP contribution in [0.5, 0.6) is 0 Å². The number of benzene rings is 1. The predicted octanol–water partition coefficient (Wildman–Crippen LogP) is 2.48. The van der Waals surface area contributed by atoms with Gasteiger partial charge in [0.2, 0.25) is 0 Å². The van der Waals surface area contributed by atoms with Gasteiger partial charge in [0.05, 0.1) is 5.52 Å². The molecular weight excluding hydrogens is 210 g/mol. The highest BCUT2D eigenvalue weighted by molar-refractivity contribution is 5.93. The fraction of sp³-hybridized carbons (Fsp3) is 0.357. The van der Waals surface area contributed by atoms with Crippen molar-refractivity contribution in [1.82, 2.24) is 4.98 Å². The quantitative estimate of drug-likeness (QED) is 0.846. The second-order valence-electron chi connectivity index (χ2n) is 4.19. The van der Waals surface area contributed by atoms with Crippen LogP contribution in [0.25, 0.3) is 10.9 Å². The largest absolute Gasteiger partial charge is 0.383 e. The van der Waals surface area contributed by atoms with Crippen molar-refractivity contribution in [3.63, 3.8) is 0 Å². The SMILES string of the molecule is CCc1cccc2c(NCCN)cc(C)nc12. The van der Waals surface area contributed by atoms with E-state index in [0.29, 0.717) is 6.54 Å². The van der Waals surface area contributed by atoms with Gasteiger partial charge in [-0.15, -0.1) is 0 Å². The van der Waals surface area contributed by atoms with E-state index in [1.165, 1.54) is 10.9 Å². The van der Waals surface area contributed by atoms with Crippen LogP contribution < -0.4 is 11.1 Å². The van der Waals surface area contributed by atoms with Crippen LogP contribution in [0, 0.1) is 6.92 Å². The van der Waals surface area contributed by atoms with Crippen LogP contribution in [0.15, 0.2) is 24.3 Å². The number of fused-ring (bicyclic) bond motifs is 1. The number of para-hydroxylation sites is 1. The van der Waals surface area contributed by atoms with Gasteiger partial charge in [-0.3, -0.25) is 4.98 Å². The molecule has 0 bridgehead atoms. The number of anilines is 1. The lowest BCUT2D eigenvalue weighted by Crippen LogP contribution is -2.13. The van der Waals surface area contributed by atoms with Gasteiger partial charge in [-0.1, -0.05) is 25.1 Å². The van der Waals surface area contributed by atoms with Crippen molar-refractivity contribution in [2.24, 2.45) is 5.73 Å². The first kappa shape index (κ1) is 11.9. The Labute approximate surface area is 102 Å². The average Bonchev–Trinajstić information content (AvgIpc) is 2.35. The Morgan fingerprint density at radius 3 is 2.88 bits per heavy atom. The molecule has 3 N–H and O–H groups in total. The molecule has 2 rings (SSSR count). The Morgan fingerprint density at radius 1 is 1.35 bits per heavy atom. The molecule has 0 aliphatic heterocycles. The summed E-state index contributed by atoms with van der Waals surface area (Å²) in [6.07, 6.45) is 1.00. The lowest BCUT2D eigenvalue weighted by molar-refractivity contribution is 1.02. The molecule has 0 aliphatic rings. The highest BCUT2D eigenvalue weighted by Crippen LogP contribution is 2.25. The first-order valence-corrected chi connectivity index (χ1v) is 6.09. The Balaban J connectivity index is 2.59. The molecule has 17 heavy (non-hydrogen) atoms. The number of nitrogens with two attached hydrogens (primary N) is 1. The van der Waals surface area contributed by atoms with Crippen LogP contribution in [0.2, 0.25) is 0 Å². The van der Waals surface area contributed by atoms with Crippen molar-refractivity contribution in [2.75, 3.05) is 18.4 Å². The van der Waals surface area contributed by atoms with E-state index in [2.05, 4.69) is 41.5 Å². The minimum atomic E-state index is 0.635. The number of aryl methyl sites for hydroxylation is 2. The summed E-state index contributed by atoms with van der Waals surface area (Å²) in [6.45, 7) is 5.61. The van der Waals surface area contributed by atoms with Crippen molar-refractivity contribution >= 4 is 16.6 Å². The zero-order valence-electron chi connectivity index (χ0n) is 10.5. The van der Waals surface area contributed by atoms with Gasteiger partial charge in [0, 0.05) is 29.9 Å². The van der Waals surface area contributed by atoms with E-state index in [1.54, 1.807) is 0 Å². The van der Waals surface area contributed by atoms with Crippen molar-refractivity contribution < 1.29 is 0 Å². The van der Waals surface area contributed by atoms with E-state index < -0.39 is 0 Å². The number of aromatic nitrogens is 1. The maximum Gasteiger partial charge on any atom is 0.0757 e. The van der Waals surface area contributed by atoms with Gasteiger partial charge in [-0.05, 0) is 25.0 Å². The summed E-state index contributed by atoms with van der Waals surface area (Å²) in [5, 5.41) is 4.55. The lowest BCUT2D eigenvalue weighted by atomic mass is 10.1. The number of hydrogen-bond acceptors (Lipinski definition) is 3. The van der Waals surface area contributed by atoms with Crippen molar-refractivity contribution in [1.29, 1.82) is 0 Å². The molecule has 0 saturated carbocycles. The smallest absolute Gasteiger partial charge is 0.0757 e. The molecule has 1 heterocycles. The molecule has 1 aromatic heterocycles.